The van der Waals surface area contributed by atoms with E-state index >= 15 is 0 Å². The molecule has 1 heterocycles. The summed E-state index contributed by atoms with van der Waals surface area (Å²) in [7, 11) is -4.22. The van der Waals surface area contributed by atoms with Gasteiger partial charge in [-0.05, 0) is 61.7 Å². The molecule has 1 aliphatic rings. The van der Waals surface area contributed by atoms with Gasteiger partial charge in [-0.2, -0.15) is 0 Å². The normalized spacial score (nSPS) is 14.0. The lowest BCUT2D eigenvalue weighted by molar-refractivity contribution is -0.140. The number of hydrogen-bond donors (Lipinski definition) is 1. The molecule has 0 bridgehead atoms. The summed E-state index contributed by atoms with van der Waals surface area (Å²) in [5.74, 6) is -0.544. The smallest absolute Gasteiger partial charge is 0.264 e. The van der Waals surface area contributed by atoms with E-state index < -0.39 is 34.3 Å². The van der Waals surface area contributed by atoms with Gasteiger partial charge in [0.25, 0.3) is 10.0 Å². The van der Waals surface area contributed by atoms with Crippen LogP contribution in [0.5, 0.6) is 11.5 Å². The number of fused-ring (bicyclic) bond motifs is 1. The minimum atomic E-state index is -4.22. The molecule has 0 radical (unpaired) electrons. The minimum absolute atomic E-state index is 0.000621. The lowest BCUT2D eigenvalue weighted by Crippen LogP contribution is -2.53. The first kappa shape index (κ1) is 30.8. The maximum Gasteiger partial charge on any atom is 0.264 e. The average molecular weight is 598 g/mol. The van der Waals surface area contributed by atoms with Crippen LogP contribution in [0.1, 0.15) is 39.2 Å². The number of hydrogen-bond acceptors (Lipinski definition) is 6. The largest absolute Gasteiger partial charge is 0.486 e. The van der Waals surface area contributed by atoms with Crippen molar-refractivity contribution in [1.29, 1.82) is 0 Å². The number of benzene rings is 3. The van der Waals surface area contributed by atoms with Crippen LogP contribution in [0.15, 0.2) is 77.7 Å². The van der Waals surface area contributed by atoms with Gasteiger partial charge in [0.2, 0.25) is 11.8 Å². The van der Waals surface area contributed by atoms with E-state index in [1.54, 1.807) is 37.3 Å². The van der Waals surface area contributed by atoms with Crippen LogP contribution in [0.2, 0.25) is 0 Å². The second-order valence-corrected chi connectivity index (χ2v) is 11.9. The first-order valence-electron chi connectivity index (χ1n) is 14.0. The van der Waals surface area contributed by atoms with Gasteiger partial charge in [-0.25, -0.2) is 12.8 Å². The van der Waals surface area contributed by atoms with Crippen LogP contribution < -0.4 is 19.1 Å². The third-order valence-corrected chi connectivity index (χ3v) is 8.87. The molecular formula is C31H36FN3O6S. The molecule has 0 saturated carbocycles. The SMILES string of the molecule is CC[C@H](C)NC(=O)[C@H](CC)N(Cc1ccc(F)cc1)C(=O)CN(c1ccc2c(c1)OCCO2)S(=O)(=O)c1ccccc1. The van der Waals surface area contributed by atoms with Crippen molar-refractivity contribution in [3.63, 3.8) is 0 Å². The van der Waals surface area contributed by atoms with Crippen molar-refractivity contribution >= 4 is 27.5 Å². The standard InChI is InChI=1S/C31H36FN3O6S/c1-4-22(3)33-31(37)27(5-2)34(20-23-11-13-24(32)14-12-23)30(36)21-35(42(38,39)26-9-7-6-8-10-26)25-15-16-28-29(19-25)41-18-17-40-28/h6-16,19,22,27H,4-5,17-18,20-21H2,1-3H3,(H,33,37)/t22-,27-/m0/s1. The number of carbonyl (C=O) groups is 2. The molecule has 1 N–H and O–H groups in total. The van der Waals surface area contributed by atoms with Crippen molar-refractivity contribution in [3.05, 3.63) is 84.2 Å². The Hall–Kier alpha value is -4.12. The van der Waals surface area contributed by atoms with E-state index in [2.05, 4.69) is 5.32 Å². The molecule has 0 spiro atoms. The van der Waals surface area contributed by atoms with E-state index in [1.807, 2.05) is 13.8 Å². The molecular weight excluding hydrogens is 561 g/mol. The molecule has 3 aromatic rings. The molecule has 0 aromatic heterocycles. The number of ether oxygens (including phenoxy) is 2. The maximum atomic E-state index is 14.1. The quantitative estimate of drug-likeness (QED) is 0.329. The Morgan fingerprint density at radius 2 is 1.60 bits per heavy atom. The van der Waals surface area contributed by atoms with E-state index in [0.29, 0.717) is 36.7 Å². The molecule has 4 rings (SSSR count). The highest BCUT2D eigenvalue weighted by Gasteiger charge is 2.34. The van der Waals surface area contributed by atoms with Crippen LogP contribution >= 0.6 is 0 Å². The fourth-order valence-electron chi connectivity index (χ4n) is 4.58. The van der Waals surface area contributed by atoms with Crippen molar-refractivity contribution in [2.75, 3.05) is 24.1 Å². The number of anilines is 1. The van der Waals surface area contributed by atoms with E-state index in [1.165, 1.54) is 47.4 Å². The predicted molar refractivity (Wildman–Crippen MR) is 157 cm³/mol. The predicted octanol–water partition coefficient (Wildman–Crippen LogP) is 4.51. The van der Waals surface area contributed by atoms with Gasteiger partial charge < -0.3 is 19.7 Å². The summed E-state index contributed by atoms with van der Waals surface area (Å²) in [5.41, 5.74) is 0.798. The number of rotatable bonds is 12. The highest BCUT2D eigenvalue weighted by Crippen LogP contribution is 2.36. The Morgan fingerprint density at radius 3 is 2.24 bits per heavy atom. The summed E-state index contributed by atoms with van der Waals surface area (Å²) in [6.07, 6.45) is 0.978. The molecule has 0 fully saturated rings. The Balaban J connectivity index is 1.75. The molecule has 0 aliphatic carbocycles. The summed E-state index contributed by atoms with van der Waals surface area (Å²) in [4.78, 5) is 28.8. The number of nitrogens with zero attached hydrogens (tertiary/aromatic N) is 2. The number of carbonyl (C=O) groups excluding carboxylic acids is 2. The number of sulfonamides is 1. The zero-order valence-electron chi connectivity index (χ0n) is 24.0. The summed E-state index contributed by atoms with van der Waals surface area (Å²) in [6, 6.07) is 17.1. The minimum Gasteiger partial charge on any atom is -0.486 e. The Labute approximate surface area is 246 Å². The van der Waals surface area contributed by atoms with E-state index in [9.17, 15) is 22.4 Å². The van der Waals surface area contributed by atoms with E-state index in [0.717, 1.165) is 4.31 Å². The second-order valence-electron chi connectivity index (χ2n) is 10.0. The van der Waals surface area contributed by atoms with Crippen molar-refractivity contribution in [2.45, 2.75) is 57.1 Å². The topological polar surface area (TPSA) is 105 Å². The van der Waals surface area contributed by atoms with Crippen molar-refractivity contribution in [3.8, 4) is 11.5 Å². The zero-order chi connectivity index (χ0) is 30.3. The molecule has 2 amide bonds. The monoisotopic (exact) mass is 597 g/mol. The summed E-state index contributed by atoms with van der Waals surface area (Å²) >= 11 is 0. The van der Waals surface area contributed by atoms with Crippen LogP contribution in [0.25, 0.3) is 0 Å². The van der Waals surface area contributed by atoms with Gasteiger partial charge in [0, 0.05) is 18.7 Å². The molecule has 11 heteroatoms. The third-order valence-electron chi connectivity index (χ3n) is 7.08. The Kier molecular flexibility index (Phi) is 10.1. The molecule has 2 atom stereocenters. The van der Waals surface area contributed by atoms with Gasteiger partial charge >= 0.3 is 0 Å². The molecule has 1 aliphatic heterocycles. The van der Waals surface area contributed by atoms with Crippen molar-refractivity contribution in [1.82, 2.24) is 10.2 Å². The van der Waals surface area contributed by atoms with Gasteiger partial charge in [0.15, 0.2) is 11.5 Å². The second kappa shape index (κ2) is 13.7. The zero-order valence-corrected chi connectivity index (χ0v) is 24.8. The van der Waals surface area contributed by atoms with Gasteiger partial charge in [-0.15, -0.1) is 0 Å². The van der Waals surface area contributed by atoms with Crippen LogP contribution in [0.3, 0.4) is 0 Å². The van der Waals surface area contributed by atoms with E-state index in [-0.39, 0.29) is 35.5 Å². The average Bonchev–Trinajstić information content (AvgIpc) is 3.00. The lowest BCUT2D eigenvalue weighted by atomic mass is 10.1. The highest BCUT2D eigenvalue weighted by molar-refractivity contribution is 7.92. The first-order chi connectivity index (χ1) is 20.1. The van der Waals surface area contributed by atoms with Crippen LogP contribution in [0.4, 0.5) is 10.1 Å². The number of amides is 2. The van der Waals surface area contributed by atoms with Crippen LogP contribution in [-0.4, -0.2) is 57.0 Å². The lowest BCUT2D eigenvalue weighted by Gasteiger charge is -2.34. The number of halogens is 1. The summed E-state index contributed by atoms with van der Waals surface area (Å²) in [5, 5.41) is 2.93. The van der Waals surface area contributed by atoms with E-state index in [4.69, 9.17) is 9.47 Å². The molecule has 9 nitrogen and oxygen atoms in total. The van der Waals surface area contributed by atoms with Crippen LogP contribution in [-0.2, 0) is 26.2 Å². The first-order valence-corrected chi connectivity index (χ1v) is 15.4. The van der Waals surface area contributed by atoms with Crippen molar-refractivity contribution < 1.29 is 31.9 Å². The van der Waals surface area contributed by atoms with Gasteiger partial charge in [-0.3, -0.25) is 13.9 Å². The summed E-state index contributed by atoms with van der Waals surface area (Å²) in [6.45, 7) is 5.64. The Morgan fingerprint density at radius 1 is 0.929 bits per heavy atom. The van der Waals surface area contributed by atoms with Gasteiger partial charge in [0.05, 0.1) is 10.6 Å². The van der Waals surface area contributed by atoms with Gasteiger partial charge in [-0.1, -0.05) is 44.2 Å². The molecule has 3 aromatic carbocycles. The highest BCUT2D eigenvalue weighted by atomic mass is 32.2. The molecule has 224 valence electrons. The third kappa shape index (κ3) is 7.20. The fourth-order valence-corrected chi connectivity index (χ4v) is 6.01. The Bertz CT molecular complexity index is 1480. The molecule has 42 heavy (non-hydrogen) atoms. The maximum absolute atomic E-state index is 14.1. The number of nitrogens with one attached hydrogen (secondary N) is 1. The van der Waals surface area contributed by atoms with Gasteiger partial charge in [0.1, 0.15) is 31.6 Å². The molecule has 0 unspecified atom stereocenters. The van der Waals surface area contributed by atoms with Crippen molar-refractivity contribution in [2.24, 2.45) is 0 Å². The summed E-state index contributed by atoms with van der Waals surface area (Å²) < 4.78 is 53.9. The fraction of sp³-hybridized carbons (Fsp3) is 0.355. The molecule has 0 saturated heterocycles. The van der Waals surface area contributed by atoms with Crippen LogP contribution in [0, 0.1) is 5.82 Å².